The van der Waals surface area contributed by atoms with Gasteiger partial charge in [0.2, 0.25) is 5.91 Å². The molecule has 8 heteroatoms. The van der Waals surface area contributed by atoms with E-state index in [1.165, 1.54) is 10.4 Å². The van der Waals surface area contributed by atoms with Gasteiger partial charge in [-0.2, -0.15) is 12.7 Å². The van der Waals surface area contributed by atoms with Gasteiger partial charge < -0.3 is 4.42 Å². The van der Waals surface area contributed by atoms with Crippen LogP contribution in [0, 0.1) is 5.82 Å². The molecule has 0 radical (unpaired) electrons. The summed E-state index contributed by atoms with van der Waals surface area (Å²) in [5.41, 5.74) is 0.343. The first-order valence-electron chi connectivity index (χ1n) is 8.60. The van der Waals surface area contributed by atoms with Gasteiger partial charge in [-0.3, -0.25) is 4.79 Å². The quantitative estimate of drug-likeness (QED) is 0.836. The Morgan fingerprint density at radius 2 is 1.85 bits per heavy atom. The molecule has 0 unspecified atom stereocenters. The molecule has 0 spiro atoms. The van der Waals surface area contributed by atoms with E-state index in [0.717, 1.165) is 19.3 Å². The highest BCUT2D eigenvalue weighted by molar-refractivity contribution is 7.87. The van der Waals surface area contributed by atoms with Gasteiger partial charge in [0.05, 0.1) is 5.56 Å². The molecule has 3 rings (SSSR count). The van der Waals surface area contributed by atoms with Crippen LogP contribution < -0.4 is 4.72 Å². The number of aryl methyl sites for hydroxylation is 1. The van der Waals surface area contributed by atoms with Gasteiger partial charge in [-0.25, -0.2) is 9.11 Å². The molecule has 2 heterocycles. The van der Waals surface area contributed by atoms with Gasteiger partial charge in [-0.05, 0) is 37.1 Å². The monoisotopic (exact) mass is 380 g/mol. The smallest absolute Gasteiger partial charge is 0.303 e. The van der Waals surface area contributed by atoms with Crippen molar-refractivity contribution < 1.29 is 22.0 Å². The number of furan rings is 1. The fourth-order valence-corrected chi connectivity index (χ4v) is 4.18. The van der Waals surface area contributed by atoms with Crippen LogP contribution in [0.2, 0.25) is 0 Å². The maximum absolute atomic E-state index is 13.8. The van der Waals surface area contributed by atoms with E-state index >= 15 is 0 Å². The number of carbonyl (C=O) groups excluding carboxylic acids is 1. The van der Waals surface area contributed by atoms with E-state index < -0.39 is 21.9 Å². The van der Waals surface area contributed by atoms with Gasteiger partial charge in [0, 0.05) is 25.9 Å². The van der Waals surface area contributed by atoms with E-state index in [9.17, 15) is 17.6 Å². The molecule has 1 aromatic heterocycles. The van der Waals surface area contributed by atoms with Crippen LogP contribution in [0.4, 0.5) is 4.39 Å². The lowest BCUT2D eigenvalue weighted by Gasteiger charge is -2.25. The van der Waals surface area contributed by atoms with Gasteiger partial charge in [0.1, 0.15) is 17.3 Å². The van der Waals surface area contributed by atoms with Gasteiger partial charge >= 0.3 is 10.2 Å². The van der Waals surface area contributed by atoms with Crippen LogP contribution in [-0.4, -0.2) is 31.7 Å². The number of hydrogen-bond donors (Lipinski definition) is 1. The molecule has 26 heavy (non-hydrogen) atoms. The Hall–Kier alpha value is -2.19. The molecule has 140 valence electrons. The molecule has 1 aromatic carbocycles. The third-order valence-corrected chi connectivity index (χ3v) is 5.83. The number of piperidine rings is 1. The summed E-state index contributed by atoms with van der Waals surface area (Å²) in [6, 6.07) is 9.55. The number of carbonyl (C=O) groups is 1. The van der Waals surface area contributed by atoms with E-state index in [2.05, 4.69) is 4.72 Å². The standard InChI is InChI=1S/C18H21FN2O4S/c19-16-7-3-2-6-15(16)17-10-8-14(25-17)9-11-18(22)20-26(23,24)21-12-4-1-5-13-21/h2-3,6-8,10H,1,4-5,9,11-13H2,(H,20,22). The number of rotatable bonds is 6. The normalized spacial score (nSPS) is 15.7. The van der Waals surface area contributed by atoms with Crippen molar-refractivity contribution >= 4 is 16.1 Å². The molecule has 1 amide bonds. The second-order valence-electron chi connectivity index (χ2n) is 6.24. The highest BCUT2D eigenvalue weighted by atomic mass is 32.2. The molecule has 0 aliphatic carbocycles. The minimum absolute atomic E-state index is 0.0305. The van der Waals surface area contributed by atoms with Crippen molar-refractivity contribution in [1.29, 1.82) is 0 Å². The zero-order valence-electron chi connectivity index (χ0n) is 14.3. The van der Waals surface area contributed by atoms with Crippen LogP contribution in [0.3, 0.4) is 0 Å². The third kappa shape index (κ3) is 4.50. The minimum atomic E-state index is -3.78. The predicted octanol–water partition coefficient (Wildman–Crippen LogP) is 2.87. The van der Waals surface area contributed by atoms with Crippen molar-refractivity contribution in [2.24, 2.45) is 0 Å². The molecule has 1 aliphatic heterocycles. The molecular weight excluding hydrogens is 359 g/mol. The van der Waals surface area contributed by atoms with Crippen molar-refractivity contribution in [3.63, 3.8) is 0 Å². The van der Waals surface area contributed by atoms with Gasteiger partial charge in [-0.15, -0.1) is 0 Å². The van der Waals surface area contributed by atoms with E-state index in [4.69, 9.17) is 4.42 Å². The first-order valence-corrected chi connectivity index (χ1v) is 10.0. The second kappa shape index (κ2) is 8.01. The Balaban J connectivity index is 1.56. The summed E-state index contributed by atoms with van der Waals surface area (Å²) in [6.07, 6.45) is 2.82. The highest BCUT2D eigenvalue weighted by Crippen LogP contribution is 2.25. The Morgan fingerprint density at radius 1 is 1.12 bits per heavy atom. The van der Waals surface area contributed by atoms with Crippen LogP contribution in [0.1, 0.15) is 31.4 Å². The third-order valence-electron chi connectivity index (χ3n) is 4.30. The molecule has 0 saturated carbocycles. The maximum Gasteiger partial charge on any atom is 0.303 e. The summed E-state index contributed by atoms with van der Waals surface area (Å²) in [5, 5.41) is 0. The number of halogens is 1. The largest absolute Gasteiger partial charge is 0.461 e. The van der Waals surface area contributed by atoms with Crippen LogP contribution in [0.5, 0.6) is 0 Å². The molecule has 0 bridgehead atoms. The average molecular weight is 380 g/mol. The van der Waals surface area contributed by atoms with Crippen molar-refractivity contribution in [2.75, 3.05) is 13.1 Å². The molecule has 1 fully saturated rings. The summed E-state index contributed by atoms with van der Waals surface area (Å²) in [5.74, 6) is -0.105. The molecular formula is C18H21FN2O4S. The number of nitrogens with one attached hydrogen (secondary N) is 1. The lowest BCUT2D eigenvalue weighted by atomic mass is 10.1. The zero-order valence-corrected chi connectivity index (χ0v) is 15.1. The zero-order chi connectivity index (χ0) is 18.6. The number of benzene rings is 1. The number of hydrogen-bond acceptors (Lipinski definition) is 4. The van der Waals surface area contributed by atoms with Crippen LogP contribution in [-0.2, 0) is 21.4 Å². The Bertz CT molecular complexity index is 873. The summed E-state index contributed by atoms with van der Waals surface area (Å²) in [7, 11) is -3.78. The van der Waals surface area contributed by atoms with Crippen molar-refractivity contribution in [3.8, 4) is 11.3 Å². The van der Waals surface area contributed by atoms with Gasteiger partial charge in [-0.1, -0.05) is 18.6 Å². The lowest BCUT2D eigenvalue weighted by molar-refractivity contribution is -0.119. The predicted molar refractivity (Wildman–Crippen MR) is 94.9 cm³/mol. The molecule has 6 nitrogen and oxygen atoms in total. The number of nitrogens with zero attached hydrogens (tertiary/aromatic N) is 1. The summed E-state index contributed by atoms with van der Waals surface area (Å²) < 4.78 is 47.1. The van der Waals surface area contributed by atoms with Gasteiger partial charge in [0.15, 0.2) is 0 Å². The maximum atomic E-state index is 13.8. The topological polar surface area (TPSA) is 79.6 Å². The van der Waals surface area contributed by atoms with E-state index in [1.807, 2.05) is 0 Å². The Labute approximate surface area is 152 Å². The molecule has 1 aliphatic rings. The van der Waals surface area contributed by atoms with E-state index in [-0.39, 0.29) is 12.8 Å². The molecule has 0 atom stereocenters. The van der Waals surface area contributed by atoms with E-state index in [1.54, 1.807) is 30.3 Å². The Morgan fingerprint density at radius 3 is 2.58 bits per heavy atom. The molecule has 1 saturated heterocycles. The van der Waals surface area contributed by atoms with Crippen molar-refractivity contribution in [2.45, 2.75) is 32.1 Å². The SMILES string of the molecule is O=C(CCc1ccc(-c2ccccc2F)o1)NS(=O)(=O)N1CCCCC1. The number of amides is 1. The summed E-state index contributed by atoms with van der Waals surface area (Å²) in [4.78, 5) is 12.0. The molecule has 2 aromatic rings. The molecule has 1 N–H and O–H groups in total. The first-order chi connectivity index (χ1) is 12.5. The second-order valence-corrected chi connectivity index (χ2v) is 7.91. The van der Waals surface area contributed by atoms with Gasteiger partial charge in [0.25, 0.3) is 0 Å². The first kappa shape index (κ1) is 18.6. The summed E-state index contributed by atoms with van der Waals surface area (Å²) in [6.45, 7) is 0.875. The fourth-order valence-electron chi connectivity index (χ4n) is 2.92. The van der Waals surface area contributed by atoms with Crippen LogP contribution in [0.15, 0.2) is 40.8 Å². The fraction of sp³-hybridized carbons (Fsp3) is 0.389. The average Bonchev–Trinajstić information content (AvgIpc) is 3.09. The van der Waals surface area contributed by atoms with Crippen molar-refractivity contribution in [1.82, 2.24) is 9.03 Å². The van der Waals surface area contributed by atoms with E-state index in [0.29, 0.717) is 30.2 Å². The lowest BCUT2D eigenvalue weighted by Crippen LogP contribution is -2.45. The van der Waals surface area contributed by atoms with Crippen LogP contribution >= 0.6 is 0 Å². The van der Waals surface area contributed by atoms with Crippen LogP contribution in [0.25, 0.3) is 11.3 Å². The minimum Gasteiger partial charge on any atom is -0.461 e. The van der Waals surface area contributed by atoms with Crippen molar-refractivity contribution in [3.05, 3.63) is 48.0 Å². The Kier molecular flexibility index (Phi) is 5.73. The summed E-state index contributed by atoms with van der Waals surface area (Å²) >= 11 is 0. The highest BCUT2D eigenvalue weighted by Gasteiger charge is 2.25.